The second kappa shape index (κ2) is 6.62. The summed E-state index contributed by atoms with van der Waals surface area (Å²) in [4.78, 5) is 12.6. The van der Waals surface area contributed by atoms with E-state index in [1.54, 1.807) is 0 Å². The second-order valence-electron chi connectivity index (χ2n) is 8.59. The van der Waals surface area contributed by atoms with Gasteiger partial charge in [-0.3, -0.25) is 0 Å². The van der Waals surface area contributed by atoms with Gasteiger partial charge in [0.15, 0.2) is 0 Å². The van der Waals surface area contributed by atoms with Crippen molar-refractivity contribution in [3.8, 4) is 5.75 Å². The third kappa shape index (κ3) is 4.34. The Morgan fingerprint density at radius 1 is 1.16 bits per heavy atom. The van der Waals surface area contributed by atoms with E-state index in [1.165, 1.54) is 0 Å². The molecule has 3 rings (SSSR count). The Kier molecular flexibility index (Phi) is 4.82. The van der Waals surface area contributed by atoms with E-state index in [0.29, 0.717) is 31.6 Å². The van der Waals surface area contributed by atoms with Crippen LogP contribution in [0.4, 0.5) is 4.39 Å². The lowest BCUT2D eigenvalue weighted by Crippen LogP contribution is -2.37. The van der Waals surface area contributed by atoms with E-state index in [0.717, 1.165) is 29.7 Å². The van der Waals surface area contributed by atoms with Gasteiger partial charge in [0.2, 0.25) is 5.60 Å². The molecule has 1 aromatic rings. The van der Waals surface area contributed by atoms with Crippen molar-refractivity contribution in [3.05, 3.63) is 29.3 Å². The number of halogens is 1. The van der Waals surface area contributed by atoms with Gasteiger partial charge in [0.25, 0.3) is 0 Å². The molecule has 0 unspecified atom stereocenters. The molecule has 0 N–H and O–H groups in total. The predicted molar refractivity (Wildman–Crippen MR) is 95.7 cm³/mol. The fourth-order valence-corrected chi connectivity index (χ4v) is 3.47. The van der Waals surface area contributed by atoms with Crippen LogP contribution in [0.1, 0.15) is 76.3 Å². The first-order valence-electron chi connectivity index (χ1n) is 9.36. The van der Waals surface area contributed by atoms with Crippen LogP contribution >= 0.6 is 0 Å². The molecule has 2 fully saturated rings. The summed E-state index contributed by atoms with van der Waals surface area (Å²) in [6.45, 7) is 7.62. The number of carbonyl (C=O) groups is 1. The maximum atomic E-state index is 13.5. The minimum atomic E-state index is -0.840. The highest BCUT2D eigenvalue weighted by molar-refractivity contribution is 5.83. The van der Waals surface area contributed by atoms with Gasteiger partial charge in [-0.15, -0.1) is 0 Å². The summed E-state index contributed by atoms with van der Waals surface area (Å²) in [7, 11) is 0. The van der Waals surface area contributed by atoms with Crippen LogP contribution in [0.5, 0.6) is 5.75 Å². The molecule has 0 atom stereocenters. The molecule has 25 heavy (non-hydrogen) atoms. The normalized spacial score (nSPS) is 25.3. The lowest BCUT2D eigenvalue weighted by Gasteiger charge is -2.29. The van der Waals surface area contributed by atoms with Gasteiger partial charge in [-0.2, -0.15) is 0 Å². The number of ether oxygens (including phenoxy) is 2. The average molecular weight is 348 g/mol. The summed E-state index contributed by atoms with van der Waals surface area (Å²) < 4.78 is 25.3. The van der Waals surface area contributed by atoms with Crippen molar-refractivity contribution < 1.29 is 18.7 Å². The Bertz CT molecular complexity index is 635. The number of carbonyl (C=O) groups excluding carboxylic acids is 1. The summed E-state index contributed by atoms with van der Waals surface area (Å²) in [5, 5.41) is 0. The third-order valence-corrected chi connectivity index (χ3v) is 5.05. The van der Waals surface area contributed by atoms with Gasteiger partial charge in [-0.1, -0.05) is 12.1 Å². The molecule has 0 bridgehead atoms. The fraction of sp³-hybridized carbons (Fsp3) is 0.667. The molecule has 2 aliphatic rings. The van der Waals surface area contributed by atoms with Crippen molar-refractivity contribution in [2.75, 3.05) is 0 Å². The highest BCUT2D eigenvalue weighted by Crippen LogP contribution is 2.46. The summed E-state index contributed by atoms with van der Waals surface area (Å²) in [5.74, 6) is 0.794. The minimum Gasteiger partial charge on any atom is -0.475 e. The Labute approximate surface area is 149 Å². The van der Waals surface area contributed by atoms with Gasteiger partial charge in [-0.05, 0) is 76.5 Å². The Hall–Kier alpha value is -1.58. The van der Waals surface area contributed by atoms with Crippen molar-refractivity contribution in [3.63, 3.8) is 0 Å². The molecule has 3 nitrogen and oxygen atoms in total. The highest BCUT2D eigenvalue weighted by Gasteiger charge is 2.55. The zero-order chi connectivity index (χ0) is 18.2. The summed E-state index contributed by atoms with van der Waals surface area (Å²) in [6.07, 6.45) is 3.58. The van der Waals surface area contributed by atoms with E-state index >= 15 is 0 Å². The molecular weight excluding hydrogens is 319 g/mol. The number of rotatable bonds is 4. The first-order chi connectivity index (χ1) is 11.7. The highest BCUT2D eigenvalue weighted by atomic mass is 19.1. The van der Waals surface area contributed by atoms with Crippen molar-refractivity contribution in [1.29, 1.82) is 0 Å². The van der Waals surface area contributed by atoms with E-state index in [9.17, 15) is 9.18 Å². The standard InChI is InChI=1S/C21H29FO3/c1-14-5-10-17(15-6-8-16(22)9-7-15)18(13-14)24-21(11-12-21)19(23)25-20(2,3)4/h5,10,13,15-16H,6-9,11-12H2,1-4H3/t15-,16+. The van der Waals surface area contributed by atoms with Crippen LogP contribution in [-0.4, -0.2) is 23.3 Å². The zero-order valence-corrected chi connectivity index (χ0v) is 15.7. The molecular formula is C21H29FO3. The van der Waals surface area contributed by atoms with Gasteiger partial charge in [-0.25, -0.2) is 9.18 Å². The molecule has 2 saturated carbocycles. The summed E-state index contributed by atoms with van der Waals surface area (Å²) in [5.41, 5.74) is 0.836. The van der Waals surface area contributed by atoms with Crippen LogP contribution < -0.4 is 4.74 Å². The fourth-order valence-electron chi connectivity index (χ4n) is 3.47. The molecule has 0 aromatic heterocycles. The lowest BCUT2D eigenvalue weighted by atomic mass is 9.82. The third-order valence-electron chi connectivity index (χ3n) is 5.05. The predicted octanol–water partition coefficient (Wildman–Crippen LogP) is 5.24. The first-order valence-corrected chi connectivity index (χ1v) is 9.36. The molecule has 0 radical (unpaired) electrons. The molecule has 1 aromatic carbocycles. The van der Waals surface area contributed by atoms with Crippen molar-refractivity contribution >= 4 is 5.97 Å². The number of aryl methyl sites for hydroxylation is 1. The molecule has 2 aliphatic carbocycles. The van der Waals surface area contributed by atoms with Gasteiger partial charge in [0.1, 0.15) is 17.5 Å². The molecule has 4 heteroatoms. The van der Waals surface area contributed by atoms with Crippen LogP contribution in [0.2, 0.25) is 0 Å². The molecule has 0 spiro atoms. The van der Waals surface area contributed by atoms with E-state index in [-0.39, 0.29) is 5.97 Å². The van der Waals surface area contributed by atoms with Crippen molar-refractivity contribution in [1.82, 2.24) is 0 Å². The number of esters is 1. The topological polar surface area (TPSA) is 35.5 Å². The van der Waals surface area contributed by atoms with E-state index in [1.807, 2.05) is 33.8 Å². The molecule has 138 valence electrons. The van der Waals surface area contributed by atoms with Gasteiger partial charge in [0.05, 0.1) is 0 Å². The Morgan fingerprint density at radius 2 is 1.80 bits per heavy atom. The van der Waals surface area contributed by atoms with Crippen LogP contribution in [-0.2, 0) is 9.53 Å². The quantitative estimate of drug-likeness (QED) is 0.698. The van der Waals surface area contributed by atoms with Crippen LogP contribution in [0.3, 0.4) is 0 Å². The van der Waals surface area contributed by atoms with Crippen molar-refractivity contribution in [2.45, 2.75) is 89.5 Å². The number of hydrogen-bond donors (Lipinski definition) is 0. The number of benzene rings is 1. The van der Waals surface area contributed by atoms with Crippen LogP contribution in [0.25, 0.3) is 0 Å². The first kappa shape index (κ1) is 18.2. The molecule has 0 saturated heterocycles. The summed E-state index contributed by atoms with van der Waals surface area (Å²) >= 11 is 0. The Morgan fingerprint density at radius 3 is 2.36 bits per heavy atom. The Balaban J connectivity index is 1.80. The number of alkyl halides is 1. The SMILES string of the molecule is Cc1ccc([C@H]2CC[C@@H](F)CC2)c(OC2(C(=O)OC(C)(C)C)CC2)c1. The van der Waals surface area contributed by atoms with E-state index in [2.05, 4.69) is 12.1 Å². The minimum absolute atomic E-state index is 0.278. The van der Waals surface area contributed by atoms with Gasteiger partial charge < -0.3 is 9.47 Å². The smallest absolute Gasteiger partial charge is 0.351 e. The summed E-state index contributed by atoms with van der Waals surface area (Å²) in [6, 6.07) is 6.15. The maximum absolute atomic E-state index is 13.5. The largest absolute Gasteiger partial charge is 0.475 e. The molecule has 0 amide bonds. The second-order valence-corrected chi connectivity index (χ2v) is 8.59. The number of hydrogen-bond acceptors (Lipinski definition) is 3. The average Bonchev–Trinajstić information content (AvgIpc) is 3.28. The van der Waals surface area contributed by atoms with Crippen molar-refractivity contribution in [2.24, 2.45) is 0 Å². The van der Waals surface area contributed by atoms with Gasteiger partial charge in [0, 0.05) is 12.8 Å². The molecule has 0 aliphatic heterocycles. The van der Waals surface area contributed by atoms with Crippen LogP contribution in [0, 0.1) is 6.92 Å². The molecule has 0 heterocycles. The van der Waals surface area contributed by atoms with Gasteiger partial charge >= 0.3 is 5.97 Å². The lowest BCUT2D eigenvalue weighted by molar-refractivity contribution is -0.165. The maximum Gasteiger partial charge on any atom is 0.351 e. The van der Waals surface area contributed by atoms with E-state index in [4.69, 9.17) is 9.47 Å². The zero-order valence-electron chi connectivity index (χ0n) is 15.7. The van der Waals surface area contributed by atoms with Crippen LogP contribution in [0.15, 0.2) is 18.2 Å². The van der Waals surface area contributed by atoms with E-state index < -0.39 is 17.4 Å². The monoisotopic (exact) mass is 348 g/mol.